The molecule has 0 aromatic heterocycles. The van der Waals surface area contributed by atoms with E-state index < -0.39 is 5.97 Å². The van der Waals surface area contributed by atoms with Crippen LogP contribution in [0, 0.1) is 11.8 Å². The Kier molecular flexibility index (Phi) is 5.16. The van der Waals surface area contributed by atoms with E-state index >= 15 is 0 Å². The summed E-state index contributed by atoms with van der Waals surface area (Å²) in [5.41, 5.74) is 0. The van der Waals surface area contributed by atoms with Crippen LogP contribution in [0.5, 0.6) is 0 Å². The van der Waals surface area contributed by atoms with Gasteiger partial charge in [-0.3, -0.25) is 4.90 Å². The molecule has 1 fully saturated rings. The fourth-order valence-corrected chi connectivity index (χ4v) is 1.47. The molecule has 0 N–H and O–H groups in total. The molecule has 0 unspecified atom stereocenters. The summed E-state index contributed by atoms with van der Waals surface area (Å²) in [6, 6.07) is 0. The zero-order chi connectivity index (χ0) is 11.1. The van der Waals surface area contributed by atoms with Gasteiger partial charge >= 0.3 is 5.97 Å². The number of hydrogen-bond donors (Lipinski definition) is 0. The second kappa shape index (κ2) is 6.44. The maximum atomic E-state index is 10.7. The molecule has 0 aromatic rings. The summed E-state index contributed by atoms with van der Waals surface area (Å²) in [5.74, 6) is 4.80. The van der Waals surface area contributed by atoms with Crippen molar-refractivity contribution in [3.63, 3.8) is 0 Å². The maximum Gasteiger partial charge on any atom is 0.384 e. The molecule has 1 heterocycles. The minimum absolute atomic E-state index is 0.451. The van der Waals surface area contributed by atoms with Gasteiger partial charge in [0.1, 0.15) is 0 Å². The monoisotopic (exact) mass is 210 g/mol. The second-order valence-corrected chi connectivity index (χ2v) is 3.69. The summed E-state index contributed by atoms with van der Waals surface area (Å²) in [7, 11) is 3.48. The minimum atomic E-state index is -0.451. The summed E-state index contributed by atoms with van der Waals surface area (Å²) in [4.78, 5) is 15.4. The van der Waals surface area contributed by atoms with Crippen LogP contribution in [0.4, 0.5) is 0 Å². The molecule has 1 rings (SSSR count). The first kappa shape index (κ1) is 12.0. The average molecular weight is 210 g/mol. The van der Waals surface area contributed by atoms with Gasteiger partial charge in [0.05, 0.1) is 7.11 Å². The van der Waals surface area contributed by atoms with Gasteiger partial charge in [-0.15, -0.1) is 0 Å². The molecule has 0 bridgehead atoms. The van der Waals surface area contributed by atoms with Crippen LogP contribution in [-0.2, 0) is 9.53 Å². The molecule has 1 aliphatic heterocycles. The largest absolute Gasteiger partial charge is 0.459 e. The van der Waals surface area contributed by atoms with Crippen LogP contribution in [-0.4, -0.2) is 62.7 Å². The number of hydrogen-bond acceptors (Lipinski definition) is 4. The zero-order valence-corrected chi connectivity index (χ0v) is 9.45. The van der Waals surface area contributed by atoms with Crippen molar-refractivity contribution in [1.29, 1.82) is 0 Å². The van der Waals surface area contributed by atoms with Crippen molar-refractivity contribution in [2.45, 2.75) is 6.42 Å². The quantitative estimate of drug-likeness (QED) is 0.359. The van der Waals surface area contributed by atoms with E-state index in [1.165, 1.54) is 7.11 Å². The highest BCUT2D eigenvalue weighted by molar-refractivity contribution is 5.88. The maximum absolute atomic E-state index is 10.7. The van der Waals surface area contributed by atoms with Crippen molar-refractivity contribution >= 4 is 5.97 Å². The molecule has 0 aromatic carbocycles. The van der Waals surface area contributed by atoms with E-state index in [1.807, 2.05) is 0 Å². The average Bonchev–Trinajstić information content (AvgIpc) is 2.26. The Bertz CT molecular complexity index is 259. The molecule has 4 nitrogen and oxygen atoms in total. The van der Waals surface area contributed by atoms with E-state index in [0.717, 1.165) is 39.1 Å². The van der Waals surface area contributed by atoms with Crippen molar-refractivity contribution in [3.8, 4) is 11.8 Å². The summed E-state index contributed by atoms with van der Waals surface area (Å²) >= 11 is 0. The van der Waals surface area contributed by atoms with Crippen LogP contribution in [0.25, 0.3) is 0 Å². The number of ether oxygens (including phenoxy) is 1. The van der Waals surface area contributed by atoms with E-state index in [2.05, 4.69) is 33.4 Å². The van der Waals surface area contributed by atoms with E-state index in [4.69, 9.17) is 0 Å². The normalized spacial score (nSPS) is 18.0. The second-order valence-electron chi connectivity index (χ2n) is 3.69. The third-order valence-electron chi connectivity index (χ3n) is 2.52. The van der Waals surface area contributed by atoms with Crippen LogP contribution in [0.2, 0.25) is 0 Å². The third kappa shape index (κ3) is 4.82. The number of piperazine rings is 1. The first-order valence-corrected chi connectivity index (χ1v) is 5.20. The lowest BCUT2D eigenvalue weighted by molar-refractivity contribution is -0.133. The molecule has 15 heavy (non-hydrogen) atoms. The molecule has 0 amide bonds. The topological polar surface area (TPSA) is 32.8 Å². The molecule has 0 radical (unpaired) electrons. The number of rotatable bonds is 2. The SMILES string of the molecule is COC(=O)C#CCCN1CCN(C)CC1. The lowest BCUT2D eigenvalue weighted by Crippen LogP contribution is -2.44. The number of esters is 1. The number of methoxy groups -OCH3 is 1. The lowest BCUT2D eigenvalue weighted by Gasteiger charge is -2.31. The van der Waals surface area contributed by atoms with Crippen LogP contribution in [0.3, 0.4) is 0 Å². The van der Waals surface area contributed by atoms with E-state index in [9.17, 15) is 4.79 Å². The van der Waals surface area contributed by atoms with E-state index in [1.54, 1.807) is 0 Å². The fourth-order valence-electron chi connectivity index (χ4n) is 1.47. The van der Waals surface area contributed by atoms with Gasteiger partial charge in [0.2, 0.25) is 0 Å². The molecule has 0 saturated carbocycles. The highest BCUT2D eigenvalue weighted by Crippen LogP contribution is 1.99. The van der Waals surface area contributed by atoms with Gasteiger partial charge in [0.25, 0.3) is 0 Å². The molecule has 4 heteroatoms. The van der Waals surface area contributed by atoms with Gasteiger partial charge in [-0.1, -0.05) is 5.92 Å². The molecular weight excluding hydrogens is 192 g/mol. The predicted molar refractivity (Wildman–Crippen MR) is 58.3 cm³/mol. The van der Waals surface area contributed by atoms with Crippen molar-refractivity contribution in [2.24, 2.45) is 0 Å². The van der Waals surface area contributed by atoms with Crippen molar-refractivity contribution in [1.82, 2.24) is 9.80 Å². The Balaban J connectivity index is 2.14. The Morgan fingerprint density at radius 3 is 2.60 bits per heavy atom. The standard InChI is InChI=1S/C11H18N2O2/c1-12-7-9-13(10-8-12)6-4-3-5-11(14)15-2/h4,6-10H2,1-2H3. The fraction of sp³-hybridized carbons (Fsp3) is 0.727. The van der Waals surface area contributed by atoms with E-state index in [-0.39, 0.29) is 0 Å². The van der Waals surface area contributed by atoms with Gasteiger partial charge < -0.3 is 9.64 Å². The number of nitrogens with zero attached hydrogens (tertiary/aromatic N) is 2. The van der Waals surface area contributed by atoms with Gasteiger partial charge in [-0.2, -0.15) is 0 Å². The van der Waals surface area contributed by atoms with Crippen molar-refractivity contribution < 1.29 is 9.53 Å². The van der Waals surface area contributed by atoms with Crippen LogP contribution in [0.15, 0.2) is 0 Å². The smallest absolute Gasteiger partial charge is 0.384 e. The summed E-state index contributed by atoms with van der Waals surface area (Å²) in [6.45, 7) is 5.36. The van der Waals surface area contributed by atoms with Crippen LogP contribution >= 0.6 is 0 Å². The Labute approximate surface area is 91.2 Å². The van der Waals surface area contributed by atoms with Crippen LogP contribution < -0.4 is 0 Å². The van der Waals surface area contributed by atoms with E-state index in [0.29, 0.717) is 0 Å². The Hall–Kier alpha value is -1.05. The van der Waals surface area contributed by atoms with Gasteiger partial charge in [-0.05, 0) is 7.05 Å². The molecule has 0 atom stereocenters. The predicted octanol–water partition coefficient (Wildman–Crippen LogP) is -0.200. The van der Waals surface area contributed by atoms with Crippen molar-refractivity contribution in [3.05, 3.63) is 0 Å². The highest BCUT2D eigenvalue weighted by Gasteiger charge is 2.12. The first-order valence-electron chi connectivity index (χ1n) is 5.20. The lowest BCUT2D eigenvalue weighted by atomic mass is 10.3. The molecule has 0 aliphatic carbocycles. The highest BCUT2D eigenvalue weighted by atomic mass is 16.5. The molecule has 84 valence electrons. The zero-order valence-electron chi connectivity index (χ0n) is 9.45. The van der Waals surface area contributed by atoms with Gasteiger partial charge in [-0.25, -0.2) is 4.79 Å². The molecule has 0 spiro atoms. The molecular formula is C11H18N2O2. The molecule has 1 saturated heterocycles. The van der Waals surface area contributed by atoms with Crippen molar-refractivity contribution in [2.75, 3.05) is 46.9 Å². The Morgan fingerprint density at radius 2 is 2.00 bits per heavy atom. The van der Waals surface area contributed by atoms with Gasteiger partial charge in [0, 0.05) is 45.1 Å². The molecule has 1 aliphatic rings. The number of carbonyl (C=O) groups excluding carboxylic acids is 1. The summed E-state index contributed by atoms with van der Waals surface area (Å²) in [6.07, 6.45) is 0.735. The summed E-state index contributed by atoms with van der Waals surface area (Å²) < 4.78 is 4.42. The Morgan fingerprint density at radius 1 is 1.33 bits per heavy atom. The van der Waals surface area contributed by atoms with Crippen LogP contribution in [0.1, 0.15) is 6.42 Å². The number of carbonyl (C=O) groups is 1. The summed E-state index contributed by atoms with van der Waals surface area (Å²) in [5, 5.41) is 0. The van der Waals surface area contributed by atoms with Gasteiger partial charge in [0.15, 0.2) is 0 Å². The number of likely N-dealkylation sites (N-methyl/N-ethyl adjacent to an activating group) is 1. The third-order valence-corrected chi connectivity index (χ3v) is 2.52. The minimum Gasteiger partial charge on any atom is -0.459 e. The first-order chi connectivity index (χ1) is 7.22.